The van der Waals surface area contributed by atoms with Gasteiger partial charge in [-0.25, -0.2) is 0 Å². The van der Waals surface area contributed by atoms with E-state index in [-0.39, 0.29) is 28.1 Å². The van der Waals surface area contributed by atoms with Crippen LogP contribution in [0, 0.1) is 5.41 Å². The number of benzene rings is 4. The van der Waals surface area contributed by atoms with E-state index in [1.807, 2.05) is 63.4 Å². The number of anilines is 1. The second kappa shape index (κ2) is 14.4. The van der Waals surface area contributed by atoms with E-state index in [2.05, 4.69) is 89.8 Å². The number of carbonyl (C=O) groups excluding carboxylic acids is 2. The van der Waals surface area contributed by atoms with Crippen molar-refractivity contribution in [1.82, 2.24) is 0 Å². The second-order valence-corrected chi connectivity index (χ2v) is 13.8. The molecule has 1 fully saturated rings. The summed E-state index contributed by atoms with van der Waals surface area (Å²) in [5, 5.41) is 0. The highest BCUT2D eigenvalue weighted by atomic mass is 32.2. The van der Waals surface area contributed by atoms with Crippen molar-refractivity contribution in [3.8, 4) is 5.75 Å². The predicted octanol–water partition coefficient (Wildman–Crippen LogP) is 8.93. The van der Waals surface area contributed by atoms with Crippen LogP contribution in [0.4, 0.5) is 5.69 Å². The second-order valence-electron chi connectivity index (χ2n) is 11.8. The molecule has 0 saturated heterocycles. The fourth-order valence-corrected chi connectivity index (χ4v) is 7.40. The van der Waals surface area contributed by atoms with Crippen LogP contribution in [0.1, 0.15) is 45.1 Å². The quantitative estimate of drug-likeness (QED) is 0.0744. The van der Waals surface area contributed by atoms with Crippen molar-refractivity contribution >= 4 is 34.4 Å². The molecule has 0 N–H and O–H groups in total. The number of hydrogen-bond donors (Lipinski definition) is 0. The average molecular weight is 603 g/mol. The van der Waals surface area contributed by atoms with Gasteiger partial charge in [-0.15, -0.1) is 0 Å². The lowest BCUT2D eigenvalue weighted by Gasteiger charge is -2.19. The van der Waals surface area contributed by atoms with E-state index in [9.17, 15) is 9.59 Å². The Morgan fingerprint density at radius 1 is 0.841 bits per heavy atom. The van der Waals surface area contributed by atoms with Crippen LogP contribution in [0.25, 0.3) is 6.08 Å². The highest BCUT2D eigenvalue weighted by Gasteiger charge is 2.35. The topological polar surface area (TPSA) is 46.6 Å². The molecule has 4 aromatic rings. The summed E-state index contributed by atoms with van der Waals surface area (Å²) in [6.45, 7) is 4.78. The van der Waals surface area contributed by atoms with E-state index in [0.29, 0.717) is 18.6 Å². The molecule has 0 atom stereocenters. The van der Waals surface area contributed by atoms with Crippen molar-refractivity contribution in [1.29, 1.82) is 0 Å². The van der Waals surface area contributed by atoms with Crippen LogP contribution >= 0.6 is 0 Å². The first kappa shape index (κ1) is 31.1. The van der Waals surface area contributed by atoms with E-state index in [1.165, 1.54) is 14.7 Å². The van der Waals surface area contributed by atoms with E-state index in [1.54, 1.807) is 0 Å². The van der Waals surface area contributed by atoms with E-state index >= 15 is 0 Å². The van der Waals surface area contributed by atoms with Crippen molar-refractivity contribution in [2.75, 3.05) is 18.5 Å². The Morgan fingerprint density at radius 2 is 1.43 bits per heavy atom. The molecule has 0 aliphatic heterocycles. The lowest BCUT2D eigenvalue weighted by atomic mass is 9.90. The lowest BCUT2D eigenvalue weighted by molar-refractivity contribution is -0.134. The third-order valence-electron chi connectivity index (χ3n) is 7.97. The SMILES string of the molecule is CN(CCCC(=O)Oc1ccc([S+](c2ccccc2)c2ccccc2)cc1)c1ccc(/C=C/C=C2\CCC(C)(C)C2=O)cc1. The first-order valence-electron chi connectivity index (χ1n) is 15.2. The summed E-state index contributed by atoms with van der Waals surface area (Å²) >= 11 is 0. The smallest absolute Gasteiger partial charge is 0.311 e. The van der Waals surface area contributed by atoms with Crippen molar-refractivity contribution in [3.63, 3.8) is 0 Å². The number of rotatable bonds is 11. The van der Waals surface area contributed by atoms with Gasteiger partial charge in [0.2, 0.25) is 0 Å². The van der Waals surface area contributed by atoms with Gasteiger partial charge < -0.3 is 9.64 Å². The first-order valence-corrected chi connectivity index (χ1v) is 16.4. The van der Waals surface area contributed by atoms with Gasteiger partial charge in [0.05, 0.1) is 10.9 Å². The third kappa shape index (κ3) is 7.97. The fraction of sp³-hybridized carbons (Fsp3) is 0.231. The predicted molar refractivity (Wildman–Crippen MR) is 181 cm³/mol. The molecule has 1 aliphatic rings. The molecule has 1 aliphatic carbocycles. The summed E-state index contributed by atoms with van der Waals surface area (Å²) in [6, 6.07) is 37.2. The number of ketones is 1. The summed E-state index contributed by atoms with van der Waals surface area (Å²) in [5.41, 5.74) is 2.85. The van der Waals surface area contributed by atoms with Crippen molar-refractivity contribution in [2.24, 2.45) is 5.41 Å². The molecule has 0 heterocycles. The van der Waals surface area contributed by atoms with Crippen LogP contribution in [0.5, 0.6) is 5.75 Å². The molecule has 4 aromatic carbocycles. The number of Topliss-reactive ketones (excluding diaryl/α,β-unsaturated/α-hetero) is 1. The maximum Gasteiger partial charge on any atom is 0.311 e. The van der Waals surface area contributed by atoms with Gasteiger partial charge in [-0.2, -0.15) is 0 Å². The highest BCUT2D eigenvalue weighted by molar-refractivity contribution is 7.97. The first-order chi connectivity index (χ1) is 21.3. The summed E-state index contributed by atoms with van der Waals surface area (Å²) in [4.78, 5) is 30.8. The van der Waals surface area contributed by atoms with Gasteiger partial charge >= 0.3 is 5.97 Å². The van der Waals surface area contributed by atoms with Crippen LogP contribution < -0.4 is 9.64 Å². The fourth-order valence-electron chi connectivity index (χ4n) is 5.32. The minimum Gasteiger partial charge on any atom is -0.427 e. The van der Waals surface area contributed by atoms with Gasteiger partial charge in [-0.3, -0.25) is 9.59 Å². The molecule has 0 radical (unpaired) electrons. The standard InChI is InChI=1S/C39H40NO3S/c1-39(2)28-27-31(38(39)42)13-10-12-30-19-21-32(22-20-30)40(3)29-11-18-37(41)43-33-23-25-36(26-24-33)44(34-14-6-4-7-15-34)35-16-8-5-9-17-35/h4-10,12-17,19-26H,11,18,27-29H2,1-3H3/q+1/b12-10+,31-13+. The molecule has 0 bridgehead atoms. The van der Waals surface area contributed by atoms with Crippen LogP contribution in [0.2, 0.25) is 0 Å². The number of nitrogens with zero attached hydrogens (tertiary/aromatic N) is 1. The Morgan fingerprint density at radius 3 is 2.00 bits per heavy atom. The maximum absolute atomic E-state index is 12.6. The number of ether oxygens (including phenoxy) is 1. The summed E-state index contributed by atoms with van der Waals surface area (Å²) in [7, 11) is 1.79. The number of allylic oxidation sites excluding steroid dienone is 3. The summed E-state index contributed by atoms with van der Waals surface area (Å²) in [6.07, 6.45) is 8.76. The Bertz CT molecular complexity index is 1570. The van der Waals surface area contributed by atoms with Crippen molar-refractivity contribution in [2.45, 2.75) is 54.2 Å². The third-order valence-corrected chi connectivity index (χ3v) is 10.2. The van der Waals surface area contributed by atoms with Gasteiger partial charge in [0.25, 0.3) is 0 Å². The lowest BCUT2D eigenvalue weighted by Crippen LogP contribution is -2.20. The molecule has 0 unspecified atom stereocenters. The summed E-state index contributed by atoms with van der Waals surface area (Å²) in [5.74, 6) is 0.601. The van der Waals surface area contributed by atoms with Crippen LogP contribution in [-0.2, 0) is 20.5 Å². The molecule has 0 aromatic heterocycles. The maximum atomic E-state index is 12.6. The van der Waals surface area contributed by atoms with Gasteiger partial charge in [0, 0.05) is 31.1 Å². The molecule has 5 rings (SSSR count). The van der Waals surface area contributed by atoms with E-state index in [0.717, 1.165) is 36.2 Å². The number of hydrogen-bond acceptors (Lipinski definition) is 4. The number of esters is 1. The molecular weight excluding hydrogens is 563 g/mol. The minimum absolute atomic E-state index is 0.227. The Hall–Kier alpha value is -4.35. The zero-order chi connectivity index (χ0) is 30.9. The summed E-state index contributed by atoms with van der Waals surface area (Å²) < 4.78 is 5.67. The molecule has 1 saturated carbocycles. The largest absolute Gasteiger partial charge is 0.427 e. The monoisotopic (exact) mass is 602 g/mol. The zero-order valence-electron chi connectivity index (χ0n) is 25.7. The minimum atomic E-state index is -0.237. The molecule has 4 nitrogen and oxygen atoms in total. The van der Waals surface area contributed by atoms with Crippen LogP contribution in [0.3, 0.4) is 0 Å². The molecular formula is C39H40NO3S+. The van der Waals surface area contributed by atoms with Gasteiger partial charge in [0.15, 0.2) is 20.5 Å². The van der Waals surface area contributed by atoms with Crippen molar-refractivity contribution < 1.29 is 14.3 Å². The van der Waals surface area contributed by atoms with Crippen molar-refractivity contribution in [3.05, 3.63) is 132 Å². The molecule has 224 valence electrons. The highest BCUT2D eigenvalue weighted by Crippen LogP contribution is 2.37. The van der Waals surface area contributed by atoms with Crippen LogP contribution in [0.15, 0.2) is 142 Å². The van der Waals surface area contributed by atoms with Gasteiger partial charge in [-0.05, 0) is 91.1 Å². The average Bonchev–Trinajstić information content (AvgIpc) is 3.30. The Kier molecular flexibility index (Phi) is 10.2. The van der Waals surface area contributed by atoms with Crippen LogP contribution in [-0.4, -0.2) is 25.3 Å². The van der Waals surface area contributed by atoms with Gasteiger partial charge in [0.1, 0.15) is 5.75 Å². The Labute approximate surface area is 264 Å². The normalized spacial score (nSPS) is 15.3. The zero-order valence-corrected chi connectivity index (χ0v) is 26.6. The molecule has 44 heavy (non-hydrogen) atoms. The number of carbonyl (C=O) groups is 2. The Balaban J connectivity index is 1.10. The molecule has 0 spiro atoms. The molecule has 5 heteroatoms. The van der Waals surface area contributed by atoms with E-state index < -0.39 is 0 Å². The van der Waals surface area contributed by atoms with E-state index in [4.69, 9.17) is 4.74 Å². The van der Waals surface area contributed by atoms with Gasteiger partial charge in [-0.1, -0.05) is 80.6 Å². The molecule has 0 amide bonds.